The van der Waals surface area contributed by atoms with E-state index < -0.39 is 16.2 Å². The van der Waals surface area contributed by atoms with Crippen LogP contribution in [-0.4, -0.2) is 30.8 Å². The van der Waals surface area contributed by atoms with E-state index in [-0.39, 0.29) is 17.2 Å². The number of anilines is 1. The van der Waals surface area contributed by atoms with Crippen molar-refractivity contribution >= 4 is 27.2 Å². The van der Waals surface area contributed by atoms with Gasteiger partial charge in [-0.3, -0.25) is 4.55 Å². The van der Waals surface area contributed by atoms with Gasteiger partial charge in [0.2, 0.25) is 0 Å². The number of aliphatic hydroxyl groups is 1. The topological polar surface area (TPSA) is 135 Å². The van der Waals surface area contributed by atoms with Crippen LogP contribution in [0.5, 0.6) is 5.75 Å². The van der Waals surface area contributed by atoms with Crippen LogP contribution in [0, 0.1) is 0 Å². The summed E-state index contributed by atoms with van der Waals surface area (Å²) in [7, 11) is -4.30. The average molecular weight is 351 g/mol. The van der Waals surface area contributed by atoms with Crippen molar-refractivity contribution < 1.29 is 22.8 Å². The van der Waals surface area contributed by atoms with Crippen LogP contribution < -0.4 is 10.5 Å². The summed E-state index contributed by atoms with van der Waals surface area (Å²) in [6, 6.07) is 10.2. The Hall–Kier alpha value is -2.49. The second-order valence-electron chi connectivity index (χ2n) is 5.05. The Kier molecular flexibility index (Phi) is 5.50. The third-order valence-corrected chi connectivity index (χ3v) is 3.72. The van der Waals surface area contributed by atoms with Crippen LogP contribution in [-0.2, 0) is 10.1 Å². The quantitative estimate of drug-likeness (QED) is 0.416. The number of nitrogen functional groups attached to an aromatic ring is 1. The van der Waals surface area contributed by atoms with E-state index in [1.54, 1.807) is 31.2 Å². The zero-order chi connectivity index (χ0) is 17.7. The van der Waals surface area contributed by atoms with E-state index in [2.05, 4.69) is 10.2 Å². The van der Waals surface area contributed by atoms with E-state index in [1.807, 2.05) is 0 Å². The van der Waals surface area contributed by atoms with Crippen molar-refractivity contribution in [1.29, 1.82) is 0 Å². The monoisotopic (exact) mass is 351 g/mol. The summed E-state index contributed by atoms with van der Waals surface area (Å²) in [6.45, 7) is 1.67. The lowest BCUT2D eigenvalue weighted by Crippen LogP contribution is -2.13. The highest BCUT2D eigenvalue weighted by molar-refractivity contribution is 7.85. The first-order chi connectivity index (χ1) is 11.3. The van der Waals surface area contributed by atoms with Gasteiger partial charge in [-0.05, 0) is 37.3 Å². The largest absolute Gasteiger partial charge is 0.489 e. The summed E-state index contributed by atoms with van der Waals surface area (Å²) in [5, 5.41) is 17.1. The number of rotatable bonds is 6. The molecule has 128 valence electrons. The van der Waals surface area contributed by atoms with Gasteiger partial charge in [-0.2, -0.15) is 18.6 Å². The molecule has 0 bridgehead atoms. The van der Waals surface area contributed by atoms with Crippen LogP contribution in [0.15, 0.2) is 57.6 Å². The smallest absolute Gasteiger partial charge is 0.294 e. The molecular weight excluding hydrogens is 334 g/mol. The van der Waals surface area contributed by atoms with Gasteiger partial charge in [0.15, 0.2) is 0 Å². The second-order valence-corrected chi connectivity index (χ2v) is 6.48. The molecule has 0 radical (unpaired) electrons. The van der Waals surface area contributed by atoms with Crippen molar-refractivity contribution in [2.45, 2.75) is 17.9 Å². The molecule has 0 amide bonds. The van der Waals surface area contributed by atoms with E-state index in [1.165, 1.54) is 18.2 Å². The summed E-state index contributed by atoms with van der Waals surface area (Å²) in [6.07, 6.45) is -0.641. The van der Waals surface area contributed by atoms with Crippen LogP contribution in [0.25, 0.3) is 0 Å². The maximum absolute atomic E-state index is 11.1. The maximum Gasteiger partial charge on any atom is 0.294 e. The third kappa shape index (κ3) is 5.01. The molecule has 0 saturated heterocycles. The molecule has 0 heterocycles. The minimum atomic E-state index is -4.30. The molecule has 0 aliphatic carbocycles. The van der Waals surface area contributed by atoms with Crippen LogP contribution in [0.4, 0.5) is 17.1 Å². The lowest BCUT2D eigenvalue weighted by atomic mass is 10.2. The number of nitrogens with two attached hydrogens (primary N) is 1. The number of hydrogen-bond donors (Lipinski definition) is 3. The van der Waals surface area contributed by atoms with Gasteiger partial charge in [-0.15, -0.1) is 0 Å². The van der Waals surface area contributed by atoms with Crippen molar-refractivity contribution in [3.8, 4) is 5.75 Å². The van der Waals surface area contributed by atoms with Gasteiger partial charge in [0.05, 0.1) is 28.1 Å². The van der Waals surface area contributed by atoms with Crippen LogP contribution >= 0.6 is 0 Å². The normalized spacial score (nSPS) is 13.1. The van der Waals surface area contributed by atoms with Gasteiger partial charge in [0.1, 0.15) is 12.4 Å². The first-order valence-electron chi connectivity index (χ1n) is 6.95. The molecule has 4 N–H and O–H groups in total. The predicted molar refractivity (Wildman–Crippen MR) is 88.5 cm³/mol. The number of nitrogens with zero attached hydrogens (tertiary/aromatic N) is 2. The number of aliphatic hydroxyl groups excluding tert-OH is 1. The van der Waals surface area contributed by atoms with E-state index in [9.17, 15) is 13.5 Å². The molecular formula is C15H17N3O5S. The summed E-state index contributed by atoms with van der Waals surface area (Å²) >= 11 is 0. The van der Waals surface area contributed by atoms with Crippen molar-refractivity contribution in [3.05, 3.63) is 42.5 Å². The van der Waals surface area contributed by atoms with E-state index in [0.717, 1.165) is 0 Å². The molecule has 2 aromatic carbocycles. The van der Waals surface area contributed by atoms with E-state index in [4.69, 9.17) is 15.0 Å². The molecule has 8 nitrogen and oxygen atoms in total. The number of benzene rings is 2. The molecule has 2 rings (SSSR count). The van der Waals surface area contributed by atoms with Gasteiger partial charge in [-0.1, -0.05) is 6.07 Å². The van der Waals surface area contributed by atoms with Gasteiger partial charge < -0.3 is 15.6 Å². The molecule has 9 heteroatoms. The van der Waals surface area contributed by atoms with Crippen LogP contribution in [0.2, 0.25) is 0 Å². The zero-order valence-corrected chi connectivity index (χ0v) is 13.6. The molecule has 1 unspecified atom stereocenters. The highest BCUT2D eigenvalue weighted by Gasteiger charge is 2.09. The SMILES string of the molecule is CC(O)COc1cc(/N=N/c2cccc(S(=O)(=O)O)c2)ccc1N. The third-order valence-electron chi connectivity index (χ3n) is 2.87. The van der Waals surface area contributed by atoms with Gasteiger partial charge >= 0.3 is 0 Å². The van der Waals surface area contributed by atoms with Gasteiger partial charge in [0, 0.05) is 6.07 Å². The Labute approximate surface area is 139 Å². The maximum atomic E-state index is 11.1. The van der Waals surface area contributed by atoms with Gasteiger partial charge in [0.25, 0.3) is 10.1 Å². The molecule has 0 saturated carbocycles. The predicted octanol–water partition coefficient (Wildman–Crippen LogP) is 2.69. The lowest BCUT2D eigenvalue weighted by Gasteiger charge is -2.10. The molecule has 0 fully saturated rings. The Morgan fingerprint density at radius 2 is 1.83 bits per heavy atom. The van der Waals surface area contributed by atoms with Crippen molar-refractivity contribution in [3.63, 3.8) is 0 Å². The van der Waals surface area contributed by atoms with Gasteiger partial charge in [-0.25, -0.2) is 0 Å². The van der Waals surface area contributed by atoms with Crippen molar-refractivity contribution in [2.75, 3.05) is 12.3 Å². The minimum absolute atomic E-state index is 0.0845. The Bertz CT molecular complexity index is 850. The molecule has 0 aliphatic rings. The highest BCUT2D eigenvalue weighted by atomic mass is 32.2. The number of azo groups is 1. The molecule has 1 atom stereocenters. The number of ether oxygens (including phenoxy) is 1. The Morgan fingerprint density at radius 1 is 1.17 bits per heavy atom. The first kappa shape index (κ1) is 17.9. The fourth-order valence-electron chi connectivity index (χ4n) is 1.74. The van der Waals surface area contributed by atoms with Crippen molar-refractivity contribution in [2.24, 2.45) is 10.2 Å². The van der Waals surface area contributed by atoms with E-state index in [0.29, 0.717) is 17.1 Å². The standard InChI is InChI=1S/C15H17N3O5S/c1-10(19)9-23-15-8-12(5-6-14(15)16)18-17-11-3-2-4-13(7-11)24(20,21)22/h2-8,10,19H,9,16H2,1H3,(H,20,21,22)/b18-17+. The minimum Gasteiger partial charge on any atom is -0.489 e. The Balaban J connectivity index is 2.22. The van der Waals surface area contributed by atoms with Crippen LogP contribution in [0.1, 0.15) is 6.92 Å². The molecule has 24 heavy (non-hydrogen) atoms. The summed E-state index contributed by atoms with van der Waals surface area (Å²) in [5.74, 6) is 0.360. The molecule has 0 aromatic heterocycles. The fourth-order valence-corrected chi connectivity index (χ4v) is 2.26. The lowest BCUT2D eigenvalue weighted by molar-refractivity contribution is 0.123. The fraction of sp³-hybridized carbons (Fsp3) is 0.200. The highest BCUT2D eigenvalue weighted by Crippen LogP contribution is 2.29. The summed E-state index contributed by atoms with van der Waals surface area (Å²) in [5.41, 5.74) is 6.86. The molecule has 0 aliphatic heterocycles. The number of hydrogen-bond acceptors (Lipinski definition) is 7. The average Bonchev–Trinajstić information content (AvgIpc) is 2.52. The van der Waals surface area contributed by atoms with Crippen LogP contribution in [0.3, 0.4) is 0 Å². The summed E-state index contributed by atoms with van der Waals surface area (Å²) in [4.78, 5) is -0.266. The molecule has 0 spiro atoms. The zero-order valence-electron chi connectivity index (χ0n) is 12.8. The van der Waals surface area contributed by atoms with Crippen molar-refractivity contribution in [1.82, 2.24) is 0 Å². The second kappa shape index (κ2) is 7.39. The first-order valence-corrected chi connectivity index (χ1v) is 8.39. The summed E-state index contributed by atoms with van der Waals surface area (Å²) < 4.78 is 36.6. The Morgan fingerprint density at radius 3 is 2.46 bits per heavy atom. The molecule has 2 aromatic rings. The van der Waals surface area contributed by atoms with E-state index >= 15 is 0 Å².